The Morgan fingerprint density at radius 1 is 0.917 bits per heavy atom. The van der Waals surface area contributed by atoms with Crippen LogP contribution >= 0.6 is 0 Å². The predicted molar refractivity (Wildman–Crippen MR) is 143 cm³/mol. The third-order valence-corrected chi connectivity index (χ3v) is 6.16. The minimum atomic E-state index is -0.687. The summed E-state index contributed by atoms with van der Waals surface area (Å²) in [6.07, 6.45) is 7.11. The second-order valence-corrected chi connectivity index (χ2v) is 11.2. The fraction of sp³-hybridized carbons (Fsp3) is 0.433. The molecule has 0 aliphatic rings. The van der Waals surface area contributed by atoms with Crippen LogP contribution in [-0.2, 0) is 33.5 Å². The lowest BCUT2D eigenvalue weighted by Crippen LogP contribution is -2.35. The number of nitrogens with zero attached hydrogens (tertiary/aromatic N) is 3. The number of pyridine rings is 2. The van der Waals surface area contributed by atoms with Gasteiger partial charge in [-0.25, -0.2) is 4.79 Å². The van der Waals surface area contributed by atoms with Crippen LogP contribution in [0.3, 0.4) is 0 Å². The summed E-state index contributed by atoms with van der Waals surface area (Å²) in [5.41, 5.74) is 3.74. The number of rotatable bonds is 8. The van der Waals surface area contributed by atoms with Crippen LogP contribution in [-0.4, -0.2) is 32.6 Å². The van der Waals surface area contributed by atoms with E-state index >= 15 is 0 Å². The molecule has 0 fully saturated rings. The highest BCUT2D eigenvalue weighted by Crippen LogP contribution is 2.42. The van der Waals surface area contributed by atoms with Crippen molar-refractivity contribution in [3.63, 3.8) is 0 Å². The molecule has 192 valence electrons. The minimum Gasteiger partial charge on any atom is -0.507 e. The van der Waals surface area contributed by atoms with Crippen molar-refractivity contribution >= 4 is 5.97 Å². The second kappa shape index (κ2) is 11.2. The largest absolute Gasteiger partial charge is 0.507 e. The smallest absolute Gasteiger partial charge is 0.328 e. The van der Waals surface area contributed by atoms with Crippen LogP contribution in [0.25, 0.3) is 0 Å². The number of aromatic nitrogens is 2. The molecule has 1 atom stereocenters. The van der Waals surface area contributed by atoms with Gasteiger partial charge >= 0.3 is 5.97 Å². The Morgan fingerprint density at radius 2 is 1.39 bits per heavy atom. The molecule has 0 radical (unpaired) electrons. The number of esters is 1. The molecule has 2 aromatic heterocycles. The van der Waals surface area contributed by atoms with E-state index in [9.17, 15) is 9.90 Å². The molecular formula is C30H39N3O3. The number of carbonyl (C=O) groups excluding carboxylic acids is 1. The first-order chi connectivity index (χ1) is 16.9. The maximum Gasteiger partial charge on any atom is 0.328 e. The number of benzene rings is 1. The molecule has 0 bridgehead atoms. The summed E-state index contributed by atoms with van der Waals surface area (Å²) in [6, 6.07) is 11.0. The van der Waals surface area contributed by atoms with Crippen molar-refractivity contribution in [2.24, 2.45) is 0 Å². The number of ether oxygens (including phenoxy) is 1. The lowest BCUT2D eigenvalue weighted by Gasteiger charge is -2.34. The Labute approximate surface area is 215 Å². The quantitative estimate of drug-likeness (QED) is 0.386. The zero-order valence-corrected chi connectivity index (χ0v) is 22.6. The topological polar surface area (TPSA) is 75.6 Å². The van der Waals surface area contributed by atoms with Crippen molar-refractivity contribution in [2.75, 3.05) is 6.61 Å². The first kappa shape index (κ1) is 27.3. The summed E-state index contributed by atoms with van der Waals surface area (Å²) in [4.78, 5) is 24.3. The molecule has 2 heterocycles. The van der Waals surface area contributed by atoms with E-state index in [1.54, 1.807) is 12.4 Å². The van der Waals surface area contributed by atoms with E-state index in [1.165, 1.54) is 0 Å². The van der Waals surface area contributed by atoms with Gasteiger partial charge in [-0.05, 0) is 69.8 Å². The molecule has 36 heavy (non-hydrogen) atoms. The van der Waals surface area contributed by atoms with Crippen LogP contribution in [0.4, 0.5) is 0 Å². The molecule has 1 aromatic carbocycles. The molecule has 0 aliphatic carbocycles. The van der Waals surface area contributed by atoms with Crippen LogP contribution in [0.5, 0.6) is 5.75 Å². The van der Waals surface area contributed by atoms with Crippen LogP contribution in [0.1, 0.15) is 82.3 Å². The van der Waals surface area contributed by atoms with Gasteiger partial charge in [-0.2, -0.15) is 0 Å². The number of hydrogen-bond donors (Lipinski definition) is 1. The molecule has 0 saturated heterocycles. The first-order valence-electron chi connectivity index (χ1n) is 12.5. The van der Waals surface area contributed by atoms with E-state index in [4.69, 9.17) is 4.74 Å². The summed E-state index contributed by atoms with van der Waals surface area (Å²) in [5, 5.41) is 11.3. The van der Waals surface area contributed by atoms with Gasteiger partial charge in [0, 0.05) is 37.9 Å². The maximum absolute atomic E-state index is 13.6. The van der Waals surface area contributed by atoms with Crippen molar-refractivity contribution < 1.29 is 14.6 Å². The Hall–Kier alpha value is -3.25. The molecule has 0 aliphatic heterocycles. The molecular weight excluding hydrogens is 450 g/mol. The SMILES string of the molecule is CCOC(=O)C(c1cc(C(C)(C)C)c(O)c(C(C)(C)C)c1)N(Cc1cccnc1)Cc1cccnc1. The van der Waals surface area contributed by atoms with E-state index < -0.39 is 6.04 Å². The molecule has 3 aromatic rings. The molecule has 1 unspecified atom stereocenters. The monoisotopic (exact) mass is 489 g/mol. The van der Waals surface area contributed by atoms with E-state index in [1.807, 2.05) is 55.7 Å². The average Bonchev–Trinajstić information content (AvgIpc) is 2.80. The standard InChI is InChI=1S/C30H39N3O3/c1-8-36-28(35)26(23-15-24(29(2,3)4)27(34)25(16-23)30(5,6)7)33(19-21-11-9-13-31-17-21)20-22-12-10-14-32-18-22/h9-18,26,34H,8,19-20H2,1-7H3. The third kappa shape index (κ3) is 6.70. The van der Waals surface area contributed by atoms with Crippen LogP contribution in [0, 0.1) is 0 Å². The lowest BCUT2D eigenvalue weighted by atomic mass is 9.77. The highest BCUT2D eigenvalue weighted by molar-refractivity contribution is 5.78. The molecule has 6 heteroatoms. The zero-order chi connectivity index (χ0) is 26.5. The molecule has 0 spiro atoms. The van der Waals surface area contributed by atoms with Gasteiger partial charge in [0.25, 0.3) is 0 Å². The molecule has 0 saturated carbocycles. The van der Waals surface area contributed by atoms with Crippen molar-refractivity contribution in [2.45, 2.75) is 78.4 Å². The normalized spacial score (nSPS) is 13.0. The van der Waals surface area contributed by atoms with Crippen molar-refractivity contribution in [1.82, 2.24) is 14.9 Å². The fourth-order valence-corrected chi connectivity index (χ4v) is 4.37. The Balaban J connectivity index is 2.23. The fourth-order valence-electron chi connectivity index (χ4n) is 4.37. The highest BCUT2D eigenvalue weighted by Gasteiger charge is 2.34. The van der Waals surface area contributed by atoms with E-state index in [-0.39, 0.29) is 29.2 Å². The summed E-state index contributed by atoms with van der Waals surface area (Å²) < 4.78 is 5.62. The van der Waals surface area contributed by atoms with Gasteiger partial charge < -0.3 is 9.84 Å². The number of phenols is 1. The summed E-state index contributed by atoms with van der Waals surface area (Å²) in [7, 11) is 0. The van der Waals surface area contributed by atoms with Crippen molar-refractivity contribution in [3.05, 3.63) is 89.0 Å². The van der Waals surface area contributed by atoms with Crippen molar-refractivity contribution in [3.8, 4) is 5.75 Å². The van der Waals surface area contributed by atoms with Gasteiger partial charge in [0.15, 0.2) is 0 Å². The Morgan fingerprint density at radius 3 is 1.75 bits per heavy atom. The van der Waals surface area contributed by atoms with Crippen LogP contribution in [0.2, 0.25) is 0 Å². The third-order valence-electron chi connectivity index (χ3n) is 6.16. The summed E-state index contributed by atoms with van der Waals surface area (Å²) in [5.74, 6) is -0.0388. The van der Waals surface area contributed by atoms with Gasteiger partial charge in [0.2, 0.25) is 0 Å². The molecule has 0 amide bonds. The van der Waals surface area contributed by atoms with Crippen molar-refractivity contribution in [1.29, 1.82) is 0 Å². The lowest BCUT2D eigenvalue weighted by molar-refractivity contribution is -0.150. The molecule has 6 nitrogen and oxygen atoms in total. The number of hydrogen-bond acceptors (Lipinski definition) is 6. The predicted octanol–water partition coefficient (Wildman–Crippen LogP) is 6.08. The van der Waals surface area contributed by atoms with Gasteiger partial charge in [-0.15, -0.1) is 0 Å². The van der Waals surface area contributed by atoms with E-state index in [2.05, 4.69) is 56.4 Å². The molecule has 1 N–H and O–H groups in total. The van der Waals surface area contributed by atoms with Gasteiger partial charge in [0.05, 0.1) is 6.61 Å². The van der Waals surface area contributed by atoms with Gasteiger partial charge in [-0.1, -0.05) is 53.7 Å². The van der Waals surface area contributed by atoms with E-state index in [0.29, 0.717) is 13.1 Å². The van der Waals surface area contributed by atoms with Gasteiger partial charge in [-0.3, -0.25) is 14.9 Å². The van der Waals surface area contributed by atoms with Gasteiger partial charge in [0.1, 0.15) is 11.8 Å². The summed E-state index contributed by atoms with van der Waals surface area (Å²) in [6.45, 7) is 15.5. The first-order valence-corrected chi connectivity index (χ1v) is 12.5. The number of phenolic OH excluding ortho intramolecular Hbond substituents is 1. The number of carbonyl (C=O) groups is 1. The Kier molecular flexibility index (Phi) is 8.51. The zero-order valence-electron chi connectivity index (χ0n) is 22.6. The Bertz CT molecular complexity index is 1070. The average molecular weight is 490 g/mol. The van der Waals surface area contributed by atoms with Crippen LogP contribution in [0.15, 0.2) is 61.2 Å². The highest BCUT2D eigenvalue weighted by atomic mass is 16.5. The summed E-state index contributed by atoms with van der Waals surface area (Å²) >= 11 is 0. The number of aromatic hydroxyl groups is 1. The van der Waals surface area contributed by atoms with Crippen LogP contribution < -0.4 is 0 Å². The second-order valence-electron chi connectivity index (χ2n) is 11.2. The minimum absolute atomic E-state index is 0.277. The molecule has 3 rings (SSSR count). The maximum atomic E-state index is 13.6. The van der Waals surface area contributed by atoms with E-state index in [0.717, 1.165) is 27.8 Å².